The maximum atomic E-state index is 12.8. The second-order valence-corrected chi connectivity index (χ2v) is 8.40. The molecule has 0 N–H and O–H groups in total. The van der Waals surface area contributed by atoms with E-state index in [0.717, 1.165) is 5.33 Å². The van der Waals surface area contributed by atoms with Crippen LogP contribution in [0.15, 0.2) is 0 Å². The Labute approximate surface area is 125 Å². The fourth-order valence-electron chi connectivity index (χ4n) is 3.54. The van der Waals surface area contributed by atoms with Crippen molar-refractivity contribution in [2.24, 2.45) is 16.7 Å². The van der Waals surface area contributed by atoms with E-state index in [2.05, 4.69) is 57.5 Å². The molecule has 19 heavy (non-hydrogen) atoms. The van der Waals surface area contributed by atoms with Gasteiger partial charge in [-0.1, -0.05) is 43.6 Å². The zero-order chi connectivity index (χ0) is 14.6. The Balaban J connectivity index is 2.12. The first kappa shape index (κ1) is 15.3. The van der Waals surface area contributed by atoms with Gasteiger partial charge in [-0.3, -0.25) is 4.79 Å². The monoisotopic (exact) mass is 331 g/mol. The van der Waals surface area contributed by atoms with Gasteiger partial charge < -0.3 is 9.64 Å². The number of halogens is 1. The number of ether oxygens (including phenoxy) is 1. The number of nitrogens with zero attached hydrogens (tertiary/aromatic N) is 1. The number of carbonyl (C=O) groups is 1. The van der Waals surface area contributed by atoms with E-state index in [1.54, 1.807) is 0 Å². The van der Waals surface area contributed by atoms with Gasteiger partial charge in [-0.2, -0.15) is 0 Å². The third kappa shape index (κ3) is 2.46. The Kier molecular flexibility index (Phi) is 3.59. The lowest BCUT2D eigenvalue weighted by atomic mass is 10.0. The van der Waals surface area contributed by atoms with Crippen LogP contribution in [-0.4, -0.2) is 40.9 Å². The molecule has 1 unspecified atom stereocenters. The highest BCUT2D eigenvalue weighted by Crippen LogP contribution is 2.68. The Bertz CT molecular complexity index is 376. The van der Waals surface area contributed by atoms with Gasteiger partial charge in [0.1, 0.15) is 0 Å². The Morgan fingerprint density at radius 3 is 2.16 bits per heavy atom. The first-order valence-corrected chi connectivity index (χ1v) is 8.17. The molecule has 1 atom stereocenters. The molecule has 4 heteroatoms. The highest BCUT2D eigenvalue weighted by atomic mass is 79.9. The predicted molar refractivity (Wildman–Crippen MR) is 80.4 cm³/mol. The molecule has 1 aliphatic heterocycles. The van der Waals surface area contributed by atoms with Crippen LogP contribution in [0.3, 0.4) is 0 Å². The van der Waals surface area contributed by atoms with E-state index in [9.17, 15) is 4.79 Å². The third-order valence-electron chi connectivity index (χ3n) is 5.23. The third-order valence-corrected chi connectivity index (χ3v) is 5.95. The lowest BCUT2D eigenvalue weighted by Crippen LogP contribution is -2.55. The first-order chi connectivity index (χ1) is 8.53. The molecule has 0 spiro atoms. The summed E-state index contributed by atoms with van der Waals surface area (Å²) in [6.45, 7) is 14.3. The Morgan fingerprint density at radius 2 is 1.74 bits per heavy atom. The van der Waals surface area contributed by atoms with Gasteiger partial charge in [0, 0.05) is 24.3 Å². The number of alkyl halides is 1. The maximum absolute atomic E-state index is 12.8. The second kappa shape index (κ2) is 4.45. The van der Waals surface area contributed by atoms with Crippen molar-refractivity contribution >= 4 is 21.8 Å². The molecule has 0 aromatic heterocycles. The van der Waals surface area contributed by atoms with Gasteiger partial charge in [0.2, 0.25) is 5.91 Å². The molecule has 0 bridgehead atoms. The van der Waals surface area contributed by atoms with Crippen LogP contribution in [0.2, 0.25) is 0 Å². The van der Waals surface area contributed by atoms with E-state index in [-0.39, 0.29) is 28.5 Å². The lowest BCUT2D eigenvalue weighted by Gasteiger charge is -2.42. The number of rotatable bonds is 2. The fraction of sp³-hybridized carbons (Fsp3) is 0.933. The minimum absolute atomic E-state index is 0.0951. The summed E-state index contributed by atoms with van der Waals surface area (Å²) >= 11 is 3.47. The van der Waals surface area contributed by atoms with Crippen molar-refractivity contribution in [1.82, 2.24) is 4.90 Å². The molecule has 0 aromatic rings. The maximum Gasteiger partial charge on any atom is 0.226 e. The van der Waals surface area contributed by atoms with Crippen molar-refractivity contribution in [3.05, 3.63) is 0 Å². The van der Waals surface area contributed by atoms with Crippen LogP contribution in [0.25, 0.3) is 0 Å². The van der Waals surface area contributed by atoms with Crippen molar-refractivity contribution in [1.29, 1.82) is 0 Å². The summed E-state index contributed by atoms with van der Waals surface area (Å²) in [6.07, 6.45) is 0.0951. The van der Waals surface area contributed by atoms with Gasteiger partial charge in [0.15, 0.2) is 0 Å². The molecule has 110 valence electrons. The van der Waals surface area contributed by atoms with Crippen molar-refractivity contribution in [3.8, 4) is 0 Å². The minimum atomic E-state index is -0.254. The summed E-state index contributed by atoms with van der Waals surface area (Å²) in [5.41, 5.74) is -0.0393. The number of carbonyl (C=O) groups excluding carboxylic acids is 1. The van der Waals surface area contributed by atoms with E-state index < -0.39 is 0 Å². The molecule has 1 aliphatic carbocycles. The molecular formula is C15H26BrNO2. The quantitative estimate of drug-likeness (QED) is 0.728. The summed E-state index contributed by atoms with van der Waals surface area (Å²) in [5.74, 6) is 0.446. The van der Waals surface area contributed by atoms with Gasteiger partial charge in [0.25, 0.3) is 0 Å². The van der Waals surface area contributed by atoms with Crippen molar-refractivity contribution < 1.29 is 9.53 Å². The normalized spacial score (nSPS) is 32.2. The number of morpholine rings is 1. The van der Waals surface area contributed by atoms with Crippen LogP contribution < -0.4 is 0 Å². The first-order valence-electron chi connectivity index (χ1n) is 7.05. The SMILES string of the molecule is CC1(C)CN(C(=O)C2C(C)(C)C2(C)C)CC(CBr)O1. The zero-order valence-corrected chi connectivity index (χ0v) is 14.5. The largest absolute Gasteiger partial charge is 0.368 e. The number of hydrogen-bond donors (Lipinski definition) is 0. The highest BCUT2D eigenvalue weighted by molar-refractivity contribution is 9.09. The molecule has 1 heterocycles. The van der Waals surface area contributed by atoms with Crippen molar-refractivity contribution in [2.45, 2.75) is 53.2 Å². The average Bonchev–Trinajstić information content (AvgIpc) is 2.66. The summed E-state index contributed by atoms with van der Waals surface area (Å²) in [7, 11) is 0. The Morgan fingerprint density at radius 1 is 1.21 bits per heavy atom. The zero-order valence-electron chi connectivity index (χ0n) is 12.9. The second-order valence-electron chi connectivity index (χ2n) is 7.75. The van der Waals surface area contributed by atoms with E-state index in [4.69, 9.17) is 4.74 Å². The van der Waals surface area contributed by atoms with Crippen LogP contribution in [0, 0.1) is 16.7 Å². The number of amides is 1. The van der Waals surface area contributed by atoms with Gasteiger partial charge in [-0.25, -0.2) is 0 Å². The summed E-state index contributed by atoms with van der Waals surface area (Å²) in [4.78, 5) is 14.8. The molecule has 1 saturated carbocycles. The van der Waals surface area contributed by atoms with Gasteiger partial charge in [-0.05, 0) is 24.7 Å². The van der Waals surface area contributed by atoms with Crippen molar-refractivity contribution in [2.75, 3.05) is 18.4 Å². The summed E-state index contributed by atoms with van der Waals surface area (Å²) in [5, 5.41) is 0.775. The molecule has 3 nitrogen and oxygen atoms in total. The van der Waals surface area contributed by atoms with Crippen molar-refractivity contribution in [3.63, 3.8) is 0 Å². The van der Waals surface area contributed by atoms with Gasteiger partial charge in [-0.15, -0.1) is 0 Å². The fourth-order valence-corrected chi connectivity index (χ4v) is 3.88. The van der Waals surface area contributed by atoms with Crippen LogP contribution in [0.1, 0.15) is 41.5 Å². The van der Waals surface area contributed by atoms with E-state index in [1.807, 2.05) is 4.90 Å². The van der Waals surface area contributed by atoms with Crippen LogP contribution in [0.5, 0.6) is 0 Å². The molecule has 2 aliphatic rings. The van der Waals surface area contributed by atoms with Crippen LogP contribution in [-0.2, 0) is 9.53 Å². The van der Waals surface area contributed by atoms with E-state index in [1.165, 1.54) is 0 Å². The highest BCUT2D eigenvalue weighted by Gasteiger charge is 2.69. The average molecular weight is 332 g/mol. The topological polar surface area (TPSA) is 29.5 Å². The molecule has 0 radical (unpaired) electrons. The molecule has 2 rings (SSSR count). The molecular weight excluding hydrogens is 306 g/mol. The van der Waals surface area contributed by atoms with E-state index >= 15 is 0 Å². The van der Waals surface area contributed by atoms with Gasteiger partial charge >= 0.3 is 0 Å². The Hall–Kier alpha value is -0.0900. The molecule has 1 amide bonds. The minimum Gasteiger partial charge on any atom is -0.368 e. The molecule has 2 fully saturated rings. The number of hydrogen-bond acceptors (Lipinski definition) is 2. The lowest BCUT2D eigenvalue weighted by molar-refractivity contribution is -0.159. The van der Waals surface area contributed by atoms with Crippen LogP contribution in [0.4, 0.5) is 0 Å². The standard InChI is InChI=1S/C15H26BrNO2/c1-13(2)9-17(8-10(7-16)19-13)12(18)11-14(3,4)15(11,5)6/h10-11H,7-9H2,1-6H3. The van der Waals surface area contributed by atoms with Gasteiger partial charge in [0.05, 0.1) is 11.7 Å². The summed E-state index contributed by atoms with van der Waals surface area (Å²) in [6, 6.07) is 0. The van der Waals surface area contributed by atoms with E-state index in [0.29, 0.717) is 19.0 Å². The molecule has 0 aromatic carbocycles. The van der Waals surface area contributed by atoms with Crippen LogP contribution >= 0.6 is 15.9 Å². The summed E-state index contributed by atoms with van der Waals surface area (Å²) < 4.78 is 5.97. The molecule has 1 saturated heterocycles. The predicted octanol–water partition coefficient (Wildman–Crippen LogP) is 3.07. The smallest absolute Gasteiger partial charge is 0.226 e.